The average molecular weight is 427 g/mol. The van der Waals surface area contributed by atoms with E-state index in [1.807, 2.05) is 60.5 Å². The van der Waals surface area contributed by atoms with Crippen LogP contribution >= 0.6 is 12.4 Å². The van der Waals surface area contributed by atoms with Crippen LogP contribution in [-0.4, -0.2) is 46.8 Å². The van der Waals surface area contributed by atoms with Gasteiger partial charge in [0.15, 0.2) is 5.76 Å². The number of hydrogen-bond acceptors (Lipinski definition) is 4. The first kappa shape index (κ1) is 20.7. The van der Waals surface area contributed by atoms with Crippen LogP contribution < -0.4 is 5.32 Å². The van der Waals surface area contributed by atoms with E-state index >= 15 is 0 Å². The van der Waals surface area contributed by atoms with E-state index in [1.54, 1.807) is 4.68 Å². The summed E-state index contributed by atoms with van der Waals surface area (Å²) in [5.74, 6) is 2.86. The summed E-state index contributed by atoms with van der Waals surface area (Å²) in [4.78, 5) is 15.5. The third-order valence-electron chi connectivity index (χ3n) is 6.25. The second-order valence-corrected chi connectivity index (χ2v) is 8.13. The number of aromatic nitrogens is 2. The van der Waals surface area contributed by atoms with Gasteiger partial charge >= 0.3 is 0 Å². The lowest BCUT2D eigenvalue weighted by Gasteiger charge is -2.20. The van der Waals surface area contributed by atoms with E-state index in [0.717, 1.165) is 50.5 Å². The molecule has 6 nitrogen and oxygen atoms in total. The first-order chi connectivity index (χ1) is 14.2. The van der Waals surface area contributed by atoms with Gasteiger partial charge in [0, 0.05) is 19.3 Å². The molecule has 2 aliphatic rings. The summed E-state index contributed by atoms with van der Waals surface area (Å²) in [5.41, 5.74) is 2.14. The molecule has 0 bridgehead atoms. The van der Waals surface area contributed by atoms with Crippen LogP contribution in [0, 0.1) is 18.8 Å². The largest absolute Gasteiger partial charge is 0.460 e. The molecule has 1 amide bonds. The van der Waals surface area contributed by atoms with E-state index < -0.39 is 0 Å². The van der Waals surface area contributed by atoms with Gasteiger partial charge in [-0.05, 0) is 69.0 Å². The topological polar surface area (TPSA) is 63.3 Å². The van der Waals surface area contributed by atoms with Crippen LogP contribution in [-0.2, 0) is 0 Å². The Bertz CT molecular complexity index is 999. The Morgan fingerprint density at radius 3 is 2.40 bits per heavy atom. The number of furan rings is 1. The van der Waals surface area contributed by atoms with Crippen molar-refractivity contribution >= 4 is 18.3 Å². The van der Waals surface area contributed by atoms with Crippen molar-refractivity contribution in [3.63, 3.8) is 0 Å². The summed E-state index contributed by atoms with van der Waals surface area (Å²) in [6.07, 6.45) is 3.97. The predicted octanol–water partition coefficient (Wildman–Crippen LogP) is 3.93. The minimum Gasteiger partial charge on any atom is -0.460 e. The molecule has 2 saturated heterocycles. The van der Waals surface area contributed by atoms with Gasteiger partial charge in [-0.2, -0.15) is 5.10 Å². The van der Waals surface area contributed by atoms with Crippen molar-refractivity contribution in [3.05, 3.63) is 60.0 Å². The van der Waals surface area contributed by atoms with Crippen molar-refractivity contribution < 1.29 is 9.21 Å². The van der Waals surface area contributed by atoms with E-state index in [-0.39, 0.29) is 18.3 Å². The number of carbonyl (C=O) groups excluding carboxylic acids is 1. The maximum absolute atomic E-state index is 13.5. The number of aryl methyl sites for hydroxylation is 1. The van der Waals surface area contributed by atoms with Crippen LogP contribution in [0.1, 0.15) is 29.0 Å². The van der Waals surface area contributed by atoms with Crippen molar-refractivity contribution in [2.75, 3.05) is 26.2 Å². The van der Waals surface area contributed by atoms with E-state index in [2.05, 4.69) is 5.32 Å². The SMILES string of the molecule is Cc1ccc(-c2nn(-c3ccccc3)cc2C(=O)N2CC[C@@H]3CNC[C@@H]3CC2)o1.Cl. The van der Waals surface area contributed by atoms with E-state index in [0.29, 0.717) is 28.9 Å². The first-order valence-electron chi connectivity index (χ1n) is 10.4. The maximum atomic E-state index is 13.5. The van der Waals surface area contributed by atoms with Crippen LogP contribution in [0.3, 0.4) is 0 Å². The summed E-state index contributed by atoms with van der Waals surface area (Å²) in [5, 5.41) is 8.22. The number of rotatable bonds is 3. The molecule has 0 aliphatic carbocycles. The Kier molecular flexibility index (Phi) is 5.97. The van der Waals surface area contributed by atoms with Crippen molar-refractivity contribution in [2.45, 2.75) is 19.8 Å². The van der Waals surface area contributed by atoms with Crippen molar-refractivity contribution in [1.82, 2.24) is 20.0 Å². The summed E-state index contributed by atoms with van der Waals surface area (Å²) < 4.78 is 7.60. The zero-order valence-electron chi connectivity index (χ0n) is 17.1. The van der Waals surface area contributed by atoms with Gasteiger partial charge in [-0.25, -0.2) is 4.68 Å². The summed E-state index contributed by atoms with van der Waals surface area (Å²) in [7, 11) is 0. The summed E-state index contributed by atoms with van der Waals surface area (Å²) in [6.45, 7) is 5.66. The fourth-order valence-corrected chi connectivity index (χ4v) is 4.58. The van der Waals surface area contributed by atoms with Gasteiger partial charge in [0.05, 0.1) is 11.3 Å². The molecule has 0 radical (unpaired) electrons. The lowest BCUT2D eigenvalue weighted by Crippen LogP contribution is -2.32. The molecule has 1 aromatic carbocycles. The predicted molar refractivity (Wildman–Crippen MR) is 118 cm³/mol. The number of benzene rings is 1. The molecule has 5 rings (SSSR count). The zero-order chi connectivity index (χ0) is 19.8. The fraction of sp³-hybridized carbons (Fsp3) is 0.391. The number of amides is 1. The lowest BCUT2D eigenvalue weighted by atomic mass is 9.92. The molecule has 2 aliphatic heterocycles. The molecule has 0 unspecified atom stereocenters. The molecule has 30 heavy (non-hydrogen) atoms. The fourth-order valence-electron chi connectivity index (χ4n) is 4.58. The molecule has 0 spiro atoms. The van der Waals surface area contributed by atoms with E-state index in [4.69, 9.17) is 9.52 Å². The molecule has 7 heteroatoms. The first-order valence-corrected chi connectivity index (χ1v) is 10.4. The molecular formula is C23H27ClN4O2. The minimum absolute atomic E-state index is 0. The third-order valence-corrected chi connectivity index (χ3v) is 6.25. The lowest BCUT2D eigenvalue weighted by molar-refractivity contribution is 0.0759. The van der Waals surface area contributed by atoms with Gasteiger partial charge in [0.25, 0.3) is 5.91 Å². The second kappa shape index (κ2) is 8.66. The normalized spacial score (nSPS) is 21.0. The second-order valence-electron chi connectivity index (χ2n) is 8.13. The quantitative estimate of drug-likeness (QED) is 0.689. The Hall–Kier alpha value is -2.57. The standard InChI is InChI=1S/C23H26N4O2.ClH/c1-16-7-8-21(29-16)22-20(15-27(25-22)19-5-3-2-4-6-19)23(28)26-11-9-17-13-24-14-18(17)10-12-26;/h2-8,15,17-18,24H,9-14H2,1H3;1H/t17-,18+;. The minimum atomic E-state index is 0. The monoisotopic (exact) mass is 426 g/mol. The summed E-state index contributed by atoms with van der Waals surface area (Å²) in [6, 6.07) is 13.7. The molecule has 1 N–H and O–H groups in total. The molecule has 158 valence electrons. The van der Waals surface area contributed by atoms with Gasteiger partial charge in [-0.3, -0.25) is 4.79 Å². The van der Waals surface area contributed by atoms with E-state index in [1.165, 1.54) is 0 Å². The Morgan fingerprint density at radius 2 is 1.77 bits per heavy atom. The number of carbonyl (C=O) groups is 1. The smallest absolute Gasteiger partial charge is 0.257 e. The highest BCUT2D eigenvalue weighted by molar-refractivity contribution is 5.99. The van der Waals surface area contributed by atoms with Crippen molar-refractivity contribution in [1.29, 1.82) is 0 Å². The number of para-hydroxylation sites is 1. The maximum Gasteiger partial charge on any atom is 0.257 e. The molecule has 2 atom stereocenters. The van der Waals surface area contributed by atoms with Gasteiger partial charge in [0.1, 0.15) is 11.5 Å². The van der Waals surface area contributed by atoms with Crippen molar-refractivity contribution in [3.8, 4) is 17.1 Å². The Labute approximate surface area is 182 Å². The van der Waals surface area contributed by atoms with Gasteiger partial charge in [-0.1, -0.05) is 18.2 Å². The number of nitrogens with one attached hydrogen (secondary N) is 1. The third kappa shape index (κ3) is 3.89. The molecule has 2 fully saturated rings. The van der Waals surface area contributed by atoms with Crippen LogP contribution in [0.15, 0.2) is 53.1 Å². The number of halogens is 1. The molecule has 4 heterocycles. The van der Waals surface area contributed by atoms with E-state index in [9.17, 15) is 4.79 Å². The number of hydrogen-bond donors (Lipinski definition) is 1. The van der Waals surface area contributed by atoms with Gasteiger partial charge in [0.2, 0.25) is 0 Å². The molecule has 0 saturated carbocycles. The van der Waals surface area contributed by atoms with Gasteiger partial charge in [-0.15, -0.1) is 12.4 Å². The van der Waals surface area contributed by atoms with Crippen LogP contribution in [0.4, 0.5) is 0 Å². The molecule has 3 aromatic rings. The number of fused-ring (bicyclic) bond motifs is 1. The highest BCUT2D eigenvalue weighted by Gasteiger charge is 2.33. The number of likely N-dealkylation sites (tertiary alicyclic amines) is 1. The van der Waals surface area contributed by atoms with Crippen LogP contribution in [0.2, 0.25) is 0 Å². The van der Waals surface area contributed by atoms with Crippen molar-refractivity contribution in [2.24, 2.45) is 11.8 Å². The Balaban J connectivity index is 0.00000218. The number of nitrogens with zero attached hydrogens (tertiary/aromatic N) is 3. The average Bonchev–Trinajstić information content (AvgIpc) is 3.46. The Morgan fingerprint density at radius 1 is 1.07 bits per heavy atom. The molecule has 2 aromatic heterocycles. The van der Waals surface area contributed by atoms with Crippen LogP contribution in [0.5, 0.6) is 0 Å². The highest BCUT2D eigenvalue weighted by Crippen LogP contribution is 2.30. The highest BCUT2D eigenvalue weighted by atomic mass is 35.5. The summed E-state index contributed by atoms with van der Waals surface area (Å²) >= 11 is 0. The van der Waals surface area contributed by atoms with Crippen LogP contribution in [0.25, 0.3) is 17.1 Å². The zero-order valence-corrected chi connectivity index (χ0v) is 17.9. The molecular weight excluding hydrogens is 400 g/mol. The van der Waals surface area contributed by atoms with Gasteiger partial charge < -0.3 is 14.6 Å².